The largest absolute Gasteiger partial charge is 0.490 e. The number of ether oxygens (including phenoxy) is 3. The highest BCUT2D eigenvalue weighted by atomic mass is 35.5. The van der Waals surface area contributed by atoms with Crippen molar-refractivity contribution in [3.05, 3.63) is 56.9 Å². The van der Waals surface area contributed by atoms with Crippen LogP contribution in [0.2, 0.25) is 10.0 Å². The topological polar surface area (TPSA) is 82.1 Å². The van der Waals surface area contributed by atoms with Crippen molar-refractivity contribution in [1.29, 1.82) is 0 Å². The Kier molecular flexibility index (Phi) is 7.48. The minimum Gasteiger partial charge on any atom is -0.490 e. The molecule has 0 aromatic heterocycles. The van der Waals surface area contributed by atoms with Crippen LogP contribution in [-0.4, -0.2) is 37.4 Å². The minimum atomic E-state index is -0.557. The first-order chi connectivity index (χ1) is 14.8. The zero-order chi connectivity index (χ0) is 22.5. The number of rotatable bonds is 7. The van der Waals surface area contributed by atoms with Gasteiger partial charge in [-0.05, 0) is 60.7 Å². The minimum absolute atomic E-state index is 0.201. The van der Waals surface area contributed by atoms with Crippen molar-refractivity contribution in [1.82, 2.24) is 0 Å². The molecule has 7 nitrogen and oxygen atoms in total. The van der Waals surface area contributed by atoms with Crippen LogP contribution < -0.4 is 14.4 Å². The van der Waals surface area contributed by atoms with E-state index >= 15 is 0 Å². The van der Waals surface area contributed by atoms with Crippen LogP contribution in [0.25, 0.3) is 6.08 Å². The molecule has 31 heavy (non-hydrogen) atoms. The molecule has 0 radical (unpaired) electrons. The number of carbonyl (C=O) groups is 3. The van der Waals surface area contributed by atoms with E-state index in [4.69, 9.17) is 32.7 Å². The fourth-order valence-electron chi connectivity index (χ4n) is 2.66. The summed E-state index contributed by atoms with van der Waals surface area (Å²) in [6.45, 7) is 1.81. The summed E-state index contributed by atoms with van der Waals surface area (Å²) in [4.78, 5) is 37.9. The molecule has 3 rings (SSSR count). The van der Waals surface area contributed by atoms with Crippen LogP contribution in [0.15, 0.2) is 41.3 Å². The Balaban J connectivity index is 1.90. The Morgan fingerprint density at radius 3 is 2.42 bits per heavy atom. The number of halogens is 2. The zero-order valence-corrected chi connectivity index (χ0v) is 18.8. The van der Waals surface area contributed by atoms with Gasteiger partial charge in [0, 0.05) is 11.1 Å². The summed E-state index contributed by atoms with van der Waals surface area (Å²) in [6.07, 6.45) is 1.51. The van der Waals surface area contributed by atoms with Crippen molar-refractivity contribution in [2.75, 3.05) is 25.2 Å². The van der Waals surface area contributed by atoms with Crippen LogP contribution in [-0.2, 0) is 14.3 Å². The molecule has 0 N–H and O–H groups in total. The smallest absolute Gasteiger partial charge is 0.343 e. The molecule has 1 fully saturated rings. The molecule has 0 atom stereocenters. The lowest BCUT2D eigenvalue weighted by Crippen LogP contribution is -2.27. The summed E-state index contributed by atoms with van der Waals surface area (Å²) in [5.41, 5.74) is 0.875. The van der Waals surface area contributed by atoms with E-state index in [1.165, 1.54) is 19.3 Å². The SMILES string of the molecule is CCOc1cc(/C=C2/SC(=O)N(c3ccc(Cl)cc3)C2=O)c(Cl)cc1OCC(=O)OC. The molecule has 2 aromatic rings. The molecule has 0 unspecified atom stereocenters. The van der Waals surface area contributed by atoms with Gasteiger partial charge in [-0.15, -0.1) is 0 Å². The highest BCUT2D eigenvalue weighted by Gasteiger charge is 2.36. The van der Waals surface area contributed by atoms with Crippen molar-refractivity contribution in [3.63, 3.8) is 0 Å². The Morgan fingerprint density at radius 2 is 1.77 bits per heavy atom. The summed E-state index contributed by atoms with van der Waals surface area (Å²) in [5.74, 6) is -0.446. The number of nitrogens with zero attached hydrogens (tertiary/aromatic N) is 1. The number of hydrogen-bond acceptors (Lipinski definition) is 7. The third-order valence-electron chi connectivity index (χ3n) is 4.10. The Morgan fingerprint density at radius 1 is 1.10 bits per heavy atom. The second kappa shape index (κ2) is 10.1. The first-order valence-electron chi connectivity index (χ1n) is 9.03. The maximum Gasteiger partial charge on any atom is 0.343 e. The van der Waals surface area contributed by atoms with E-state index in [0.29, 0.717) is 28.6 Å². The molecule has 162 valence electrons. The Labute approximate surface area is 192 Å². The standard InChI is InChI=1S/C21H17Cl2NO6S/c1-3-29-16-8-12(15(23)10-17(16)30-11-19(25)28-2)9-18-20(26)24(21(27)31-18)14-6-4-13(22)5-7-14/h4-10H,3,11H2,1-2H3/b18-9+. The molecule has 2 amide bonds. The van der Waals surface area contributed by atoms with Crippen LogP contribution in [0.3, 0.4) is 0 Å². The summed E-state index contributed by atoms with van der Waals surface area (Å²) in [7, 11) is 1.25. The van der Waals surface area contributed by atoms with Gasteiger partial charge in [-0.2, -0.15) is 0 Å². The normalized spacial score (nSPS) is 14.8. The number of amides is 2. The number of imide groups is 1. The molecule has 0 saturated carbocycles. The van der Waals surface area contributed by atoms with Crippen LogP contribution in [0, 0.1) is 0 Å². The Bertz CT molecular complexity index is 1050. The number of benzene rings is 2. The molecular weight excluding hydrogens is 465 g/mol. The molecular formula is C21H17Cl2NO6S. The van der Waals surface area contributed by atoms with E-state index in [2.05, 4.69) is 4.74 Å². The molecule has 0 spiro atoms. The van der Waals surface area contributed by atoms with Gasteiger partial charge < -0.3 is 14.2 Å². The van der Waals surface area contributed by atoms with Gasteiger partial charge in [0.1, 0.15) is 0 Å². The third-order valence-corrected chi connectivity index (χ3v) is 5.55. The zero-order valence-electron chi connectivity index (χ0n) is 16.5. The first-order valence-corrected chi connectivity index (χ1v) is 10.6. The van der Waals surface area contributed by atoms with Gasteiger partial charge in [-0.25, -0.2) is 9.69 Å². The van der Waals surface area contributed by atoms with Crippen molar-refractivity contribution in [2.45, 2.75) is 6.92 Å². The molecule has 0 aliphatic carbocycles. The van der Waals surface area contributed by atoms with Gasteiger partial charge in [0.05, 0.1) is 29.3 Å². The van der Waals surface area contributed by atoms with Gasteiger partial charge in [-0.3, -0.25) is 9.59 Å². The fraction of sp³-hybridized carbons (Fsp3) is 0.190. The van der Waals surface area contributed by atoms with Crippen LogP contribution >= 0.6 is 35.0 Å². The summed E-state index contributed by atoms with van der Waals surface area (Å²) in [5, 5.41) is 0.315. The van der Waals surface area contributed by atoms with Gasteiger partial charge in [0.15, 0.2) is 18.1 Å². The lowest BCUT2D eigenvalue weighted by atomic mass is 10.1. The highest BCUT2D eigenvalue weighted by Crippen LogP contribution is 2.39. The van der Waals surface area contributed by atoms with Crippen LogP contribution in [0.5, 0.6) is 11.5 Å². The van der Waals surface area contributed by atoms with Gasteiger partial charge in [0.2, 0.25) is 0 Å². The number of methoxy groups -OCH3 is 1. The molecule has 2 aromatic carbocycles. The second-order valence-electron chi connectivity index (χ2n) is 6.11. The van der Waals surface area contributed by atoms with E-state index in [9.17, 15) is 14.4 Å². The fourth-order valence-corrected chi connectivity index (χ4v) is 3.83. The third kappa shape index (κ3) is 5.33. The number of carbonyl (C=O) groups excluding carboxylic acids is 3. The maximum absolute atomic E-state index is 12.8. The number of esters is 1. The molecule has 1 aliphatic heterocycles. The molecule has 1 heterocycles. The summed E-state index contributed by atoms with van der Waals surface area (Å²) in [6, 6.07) is 9.44. The molecule has 1 aliphatic rings. The lowest BCUT2D eigenvalue weighted by molar-refractivity contribution is -0.142. The lowest BCUT2D eigenvalue weighted by Gasteiger charge is -2.13. The molecule has 10 heteroatoms. The maximum atomic E-state index is 12.8. The Hall–Kier alpha value is -2.68. The van der Waals surface area contributed by atoms with Crippen molar-refractivity contribution in [2.24, 2.45) is 0 Å². The monoisotopic (exact) mass is 481 g/mol. The van der Waals surface area contributed by atoms with Crippen LogP contribution in [0.1, 0.15) is 12.5 Å². The van der Waals surface area contributed by atoms with Crippen molar-refractivity contribution in [3.8, 4) is 11.5 Å². The van der Waals surface area contributed by atoms with Gasteiger partial charge in [0.25, 0.3) is 11.1 Å². The second-order valence-corrected chi connectivity index (χ2v) is 7.95. The van der Waals surface area contributed by atoms with E-state index in [0.717, 1.165) is 16.7 Å². The quantitative estimate of drug-likeness (QED) is 0.397. The van der Waals surface area contributed by atoms with Crippen molar-refractivity contribution < 1.29 is 28.6 Å². The van der Waals surface area contributed by atoms with E-state index < -0.39 is 17.1 Å². The van der Waals surface area contributed by atoms with Crippen molar-refractivity contribution >= 4 is 63.8 Å². The highest BCUT2D eigenvalue weighted by molar-refractivity contribution is 8.19. The number of thioether (sulfide) groups is 1. The van der Waals surface area contributed by atoms with E-state index in [-0.39, 0.29) is 22.3 Å². The first kappa shape index (κ1) is 23.0. The van der Waals surface area contributed by atoms with Gasteiger partial charge >= 0.3 is 5.97 Å². The summed E-state index contributed by atoms with van der Waals surface area (Å²) < 4.78 is 15.5. The van der Waals surface area contributed by atoms with E-state index in [1.54, 1.807) is 37.3 Å². The summed E-state index contributed by atoms with van der Waals surface area (Å²) >= 11 is 13.0. The average molecular weight is 482 g/mol. The van der Waals surface area contributed by atoms with Gasteiger partial charge in [-0.1, -0.05) is 23.2 Å². The van der Waals surface area contributed by atoms with Crippen LogP contribution in [0.4, 0.5) is 10.5 Å². The predicted molar refractivity (Wildman–Crippen MR) is 120 cm³/mol. The number of hydrogen-bond donors (Lipinski definition) is 0. The molecule has 1 saturated heterocycles. The molecule has 0 bridgehead atoms. The van der Waals surface area contributed by atoms with E-state index in [1.807, 2.05) is 0 Å². The average Bonchev–Trinajstić information content (AvgIpc) is 3.02. The number of anilines is 1. The predicted octanol–water partition coefficient (Wildman–Crippen LogP) is 5.18.